The highest BCUT2D eigenvalue weighted by molar-refractivity contribution is 5.17. The first-order valence-electron chi connectivity index (χ1n) is 7.58. The van der Waals surface area contributed by atoms with Crippen LogP contribution in [0.15, 0.2) is 6.07 Å². The fraction of sp³-hybridized carbons (Fsp3) is 0.800. The lowest BCUT2D eigenvalue weighted by Gasteiger charge is -2.30. The molecular formula is C15H25N3. The molecule has 1 aromatic heterocycles. The number of nitrogens with one attached hydrogen (secondary N) is 1. The molecule has 0 amide bonds. The van der Waals surface area contributed by atoms with Crippen molar-refractivity contribution in [2.24, 2.45) is 5.92 Å². The molecule has 0 bridgehead atoms. The topological polar surface area (TPSA) is 29.9 Å². The molecule has 1 aliphatic heterocycles. The van der Waals surface area contributed by atoms with Crippen molar-refractivity contribution in [2.45, 2.75) is 64.5 Å². The van der Waals surface area contributed by atoms with E-state index in [1.807, 2.05) is 0 Å². The normalized spacial score (nSPS) is 27.9. The van der Waals surface area contributed by atoms with E-state index in [1.165, 1.54) is 50.0 Å². The molecule has 1 saturated heterocycles. The standard InChI is InChI=1S/C15H25N3/c1-3-13-10-14(18(4-2)17-13)11-15(12-6-7-12)8-5-9-16-15/h10,12,16H,3-9,11H2,1-2H3. The molecule has 18 heavy (non-hydrogen) atoms. The summed E-state index contributed by atoms with van der Waals surface area (Å²) in [6.45, 7) is 6.59. The highest BCUT2D eigenvalue weighted by Crippen LogP contribution is 2.45. The van der Waals surface area contributed by atoms with Gasteiger partial charge in [-0.25, -0.2) is 0 Å². The lowest BCUT2D eigenvalue weighted by Crippen LogP contribution is -2.44. The molecule has 1 N–H and O–H groups in total. The highest BCUT2D eigenvalue weighted by atomic mass is 15.3. The van der Waals surface area contributed by atoms with Gasteiger partial charge in [0, 0.05) is 24.2 Å². The van der Waals surface area contributed by atoms with Crippen LogP contribution in [0.4, 0.5) is 0 Å². The van der Waals surface area contributed by atoms with Crippen LogP contribution in [0.25, 0.3) is 0 Å². The Morgan fingerprint density at radius 2 is 2.28 bits per heavy atom. The van der Waals surface area contributed by atoms with Crippen LogP contribution in [-0.4, -0.2) is 21.9 Å². The lowest BCUT2D eigenvalue weighted by molar-refractivity contribution is 0.315. The van der Waals surface area contributed by atoms with Gasteiger partial charge >= 0.3 is 0 Å². The molecule has 1 aromatic rings. The van der Waals surface area contributed by atoms with Crippen LogP contribution in [-0.2, 0) is 19.4 Å². The number of nitrogens with zero attached hydrogens (tertiary/aromatic N) is 2. The van der Waals surface area contributed by atoms with Crippen LogP contribution < -0.4 is 5.32 Å². The van der Waals surface area contributed by atoms with E-state index < -0.39 is 0 Å². The third-order valence-electron chi connectivity index (χ3n) is 4.71. The van der Waals surface area contributed by atoms with Gasteiger partial charge < -0.3 is 5.32 Å². The molecule has 1 saturated carbocycles. The summed E-state index contributed by atoms with van der Waals surface area (Å²) in [4.78, 5) is 0. The molecular weight excluding hydrogens is 222 g/mol. The van der Waals surface area contributed by atoms with Crippen LogP contribution in [0.5, 0.6) is 0 Å². The van der Waals surface area contributed by atoms with E-state index in [0.717, 1.165) is 18.9 Å². The lowest BCUT2D eigenvalue weighted by atomic mass is 9.86. The largest absolute Gasteiger partial charge is 0.311 e. The SMILES string of the molecule is CCc1cc(CC2(C3CC3)CCCN2)n(CC)n1. The molecule has 2 fully saturated rings. The van der Waals surface area contributed by atoms with Gasteiger partial charge in [-0.05, 0) is 57.6 Å². The third-order valence-corrected chi connectivity index (χ3v) is 4.71. The first-order valence-corrected chi connectivity index (χ1v) is 7.58. The summed E-state index contributed by atoms with van der Waals surface area (Å²) in [7, 11) is 0. The first kappa shape index (κ1) is 12.2. The van der Waals surface area contributed by atoms with Crippen molar-refractivity contribution in [3.8, 4) is 0 Å². The molecule has 2 heterocycles. The zero-order chi connectivity index (χ0) is 12.6. The zero-order valence-corrected chi connectivity index (χ0v) is 11.7. The summed E-state index contributed by atoms with van der Waals surface area (Å²) in [6, 6.07) is 2.33. The molecule has 3 nitrogen and oxygen atoms in total. The number of hydrogen-bond donors (Lipinski definition) is 1. The Balaban J connectivity index is 1.83. The number of aryl methyl sites for hydroxylation is 2. The Bertz CT molecular complexity index is 411. The average Bonchev–Trinajstić information content (AvgIpc) is 3.03. The first-order chi connectivity index (χ1) is 8.77. The summed E-state index contributed by atoms with van der Waals surface area (Å²) in [5, 5.41) is 8.51. The number of hydrogen-bond acceptors (Lipinski definition) is 2. The smallest absolute Gasteiger partial charge is 0.0624 e. The second kappa shape index (κ2) is 4.69. The molecule has 2 aliphatic rings. The van der Waals surface area contributed by atoms with Gasteiger partial charge in [0.2, 0.25) is 0 Å². The van der Waals surface area contributed by atoms with Crippen molar-refractivity contribution < 1.29 is 0 Å². The van der Waals surface area contributed by atoms with Gasteiger partial charge in [0.05, 0.1) is 5.69 Å². The van der Waals surface area contributed by atoms with Crippen LogP contribution in [0.1, 0.15) is 50.9 Å². The van der Waals surface area contributed by atoms with E-state index in [-0.39, 0.29) is 0 Å². The fourth-order valence-electron chi connectivity index (χ4n) is 3.54. The van der Waals surface area contributed by atoms with Crippen molar-refractivity contribution in [1.82, 2.24) is 15.1 Å². The van der Waals surface area contributed by atoms with Crippen LogP contribution in [0.3, 0.4) is 0 Å². The Morgan fingerprint density at radius 3 is 2.83 bits per heavy atom. The van der Waals surface area contributed by atoms with Gasteiger partial charge in [0.25, 0.3) is 0 Å². The molecule has 0 aromatic carbocycles. The van der Waals surface area contributed by atoms with Crippen LogP contribution in [0.2, 0.25) is 0 Å². The number of aromatic nitrogens is 2. The van der Waals surface area contributed by atoms with Gasteiger partial charge in [0.1, 0.15) is 0 Å². The predicted molar refractivity (Wildman–Crippen MR) is 73.7 cm³/mol. The minimum atomic E-state index is 0.401. The summed E-state index contributed by atoms with van der Waals surface area (Å²) >= 11 is 0. The van der Waals surface area contributed by atoms with Gasteiger partial charge in [-0.1, -0.05) is 6.92 Å². The van der Waals surface area contributed by atoms with E-state index in [4.69, 9.17) is 0 Å². The van der Waals surface area contributed by atoms with Gasteiger partial charge in [-0.2, -0.15) is 5.10 Å². The molecule has 100 valence electrons. The van der Waals surface area contributed by atoms with Crippen molar-refractivity contribution in [2.75, 3.05) is 6.54 Å². The van der Waals surface area contributed by atoms with E-state index in [1.54, 1.807) is 0 Å². The zero-order valence-electron chi connectivity index (χ0n) is 11.7. The monoisotopic (exact) mass is 247 g/mol. The van der Waals surface area contributed by atoms with Crippen LogP contribution in [0, 0.1) is 5.92 Å². The number of rotatable bonds is 5. The molecule has 0 spiro atoms. The van der Waals surface area contributed by atoms with E-state index in [2.05, 4.69) is 35.0 Å². The predicted octanol–water partition coefficient (Wildman–Crippen LogP) is 2.54. The molecule has 0 radical (unpaired) electrons. The van der Waals surface area contributed by atoms with Crippen molar-refractivity contribution in [3.05, 3.63) is 17.5 Å². The Labute approximate surface area is 110 Å². The van der Waals surface area contributed by atoms with Crippen molar-refractivity contribution >= 4 is 0 Å². The fourth-order valence-corrected chi connectivity index (χ4v) is 3.54. The van der Waals surface area contributed by atoms with Gasteiger partial charge in [-0.3, -0.25) is 4.68 Å². The van der Waals surface area contributed by atoms with E-state index in [0.29, 0.717) is 5.54 Å². The van der Waals surface area contributed by atoms with Crippen molar-refractivity contribution in [1.29, 1.82) is 0 Å². The second-order valence-corrected chi connectivity index (χ2v) is 5.93. The summed E-state index contributed by atoms with van der Waals surface area (Å²) in [6.07, 6.45) is 7.77. The average molecular weight is 247 g/mol. The third kappa shape index (κ3) is 2.09. The summed E-state index contributed by atoms with van der Waals surface area (Å²) < 4.78 is 2.21. The summed E-state index contributed by atoms with van der Waals surface area (Å²) in [5.74, 6) is 0.922. The van der Waals surface area contributed by atoms with E-state index in [9.17, 15) is 0 Å². The highest BCUT2D eigenvalue weighted by Gasteiger charge is 2.47. The van der Waals surface area contributed by atoms with Crippen LogP contribution >= 0.6 is 0 Å². The molecule has 1 unspecified atom stereocenters. The van der Waals surface area contributed by atoms with Gasteiger partial charge in [-0.15, -0.1) is 0 Å². The maximum absolute atomic E-state index is 4.69. The molecule has 3 rings (SSSR count). The molecule has 3 heteroatoms. The Morgan fingerprint density at radius 1 is 1.44 bits per heavy atom. The maximum Gasteiger partial charge on any atom is 0.0624 e. The van der Waals surface area contributed by atoms with E-state index >= 15 is 0 Å². The van der Waals surface area contributed by atoms with Crippen molar-refractivity contribution in [3.63, 3.8) is 0 Å². The quantitative estimate of drug-likeness (QED) is 0.866. The molecule has 1 aliphatic carbocycles. The van der Waals surface area contributed by atoms with Gasteiger partial charge in [0.15, 0.2) is 0 Å². The molecule has 1 atom stereocenters. The maximum atomic E-state index is 4.69. The minimum absolute atomic E-state index is 0.401. The minimum Gasteiger partial charge on any atom is -0.311 e. The second-order valence-electron chi connectivity index (χ2n) is 5.93. The Hall–Kier alpha value is -0.830. The summed E-state index contributed by atoms with van der Waals surface area (Å²) in [5.41, 5.74) is 3.09. The Kier molecular flexibility index (Phi) is 3.18.